The second-order valence-corrected chi connectivity index (χ2v) is 5.93. The summed E-state index contributed by atoms with van der Waals surface area (Å²) >= 11 is 3.27. The van der Waals surface area contributed by atoms with E-state index >= 15 is 0 Å². The molecule has 0 radical (unpaired) electrons. The number of pyridine rings is 1. The Hall–Kier alpha value is -2.86. The molecule has 28 heavy (non-hydrogen) atoms. The van der Waals surface area contributed by atoms with Crippen molar-refractivity contribution >= 4 is 33.5 Å². The number of nitrogens with zero attached hydrogens (tertiary/aromatic N) is 1. The van der Waals surface area contributed by atoms with E-state index in [2.05, 4.69) is 32.8 Å². The Morgan fingerprint density at radius 1 is 1.14 bits per heavy atom. The van der Waals surface area contributed by atoms with Crippen LogP contribution in [-0.4, -0.2) is 29.6 Å². The maximum absolute atomic E-state index is 12.2. The van der Waals surface area contributed by atoms with Crippen molar-refractivity contribution < 1.29 is 27.5 Å². The van der Waals surface area contributed by atoms with Gasteiger partial charge in [0.15, 0.2) is 0 Å². The summed E-state index contributed by atoms with van der Waals surface area (Å²) in [6, 6.07) is 8.76. The van der Waals surface area contributed by atoms with Crippen molar-refractivity contribution in [3.63, 3.8) is 0 Å². The van der Waals surface area contributed by atoms with Gasteiger partial charge in [-0.25, -0.2) is 9.78 Å². The van der Waals surface area contributed by atoms with E-state index in [-0.39, 0.29) is 18.0 Å². The Labute approximate surface area is 167 Å². The molecule has 9 heteroatoms. The number of rotatable bonds is 4. The zero-order valence-corrected chi connectivity index (χ0v) is 16.1. The molecule has 1 heterocycles. The van der Waals surface area contributed by atoms with Crippen LogP contribution in [0.5, 0.6) is 0 Å². The predicted octanol–water partition coefficient (Wildman–Crippen LogP) is 4.05. The first-order valence-corrected chi connectivity index (χ1v) is 9.09. The third kappa shape index (κ3) is 6.09. The van der Waals surface area contributed by atoms with Crippen molar-refractivity contribution in [2.24, 2.45) is 0 Å². The van der Waals surface area contributed by atoms with Gasteiger partial charge in [0.2, 0.25) is 0 Å². The van der Waals surface area contributed by atoms with E-state index in [0.717, 1.165) is 0 Å². The van der Waals surface area contributed by atoms with Crippen molar-refractivity contribution in [1.82, 2.24) is 4.98 Å². The van der Waals surface area contributed by atoms with Gasteiger partial charge in [0.25, 0.3) is 0 Å². The highest BCUT2D eigenvalue weighted by Crippen LogP contribution is 2.18. The number of halogens is 4. The van der Waals surface area contributed by atoms with Crippen molar-refractivity contribution in [3.05, 3.63) is 58.9 Å². The average Bonchev–Trinajstić information content (AvgIpc) is 2.66. The summed E-state index contributed by atoms with van der Waals surface area (Å²) in [5.41, 5.74) is 1.78. The third-order valence-electron chi connectivity index (χ3n) is 3.25. The van der Waals surface area contributed by atoms with E-state index in [9.17, 15) is 22.8 Å². The number of benzene rings is 1. The Morgan fingerprint density at radius 2 is 1.79 bits per heavy atom. The Morgan fingerprint density at radius 3 is 2.36 bits per heavy atom. The largest absolute Gasteiger partial charge is 0.471 e. The predicted molar refractivity (Wildman–Crippen MR) is 99.9 cm³/mol. The molecule has 1 N–H and O–H groups in total. The highest BCUT2D eigenvalue weighted by molar-refractivity contribution is 9.08. The fourth-order valence-corrected chi connectivity index (χ4v) is 2.31. The van der Waals surface area contributed by atoms with E-state index in [0.29, 0.717) is 22.2 Å². The molecule has 2 rings (SSSR count). The number of anilines is 1. The lowest BCUT2D eigenvalue weighted by atomic mass is 10.1. The molecule has 0 spiro atoms. The first-order chi connectivity index (χ1) is 13.2. The molecular weight excluding hydrogens is 441 g/mol. The van der Waals surface area contributed by atoms with Crippen LogP contribution in [-0.2, 0) is 14.9 Å². The molecule has 0 saturated carbocycles. The molecule has 0 aliphatic heterocycles. The topological polar surface area (TPSA) is 68.3 Å². The Kier molecular flexibility index (Phi) is 7.18. The zero-order chi connectivity index (χ0) is 20.7. The lowest BCUT2D eigenvalue weighted by Crippen LogP contribution is -2.29. The number of esters is 1. The quantitative estimate of drug-likeness (QED) is 0.429. The summed E-state index contributed by atoms with van der Waals surface area (Å²) in [6.45, 7) is 1.91. The number of carbonyl (C=O) groups excluding carboxylic acids is 2. The minimum atomic E-state index is -4.95. The van der Waals surface area contributed by atoms with Crippen LogP contribution >= 0.6 is 15.9 Å². The number of carbonyl (C=O) groups is 2. The van der Waals surface area contributed by atoms with Gasteiger partial charge in [-0.15, -0.1) is 0 Å². The fraction of sp³-hybridized carbons (Fsp3) is 0.211. The lowest BCUT2D eigenvalue weighted by molar-refractivity contribution is -0.167. The standard InChI is InChI=1S/C19H14BrF3N2O3/c1-2-28-17(26)16-10-13(9-15(11-20)24-16)4-3-12-5-7-14(8-6-12)25-18(27)19(21,22)23/h5-10H,2,11H2,1H3,(H,25,27). The number of hydrogen-bond donors (Lipinski definition) is 1. The molecule has 0 bridgehead atoms. The van der Waals surface area contributed by atoms with Crippen LogP contribution in [0.3, 0.4) is 0 Å². The summed E-state index contributed by atoms with van der Waals surface area (Å²) in [5, 5.41) is 2.17. The van der Waals surface area contributed by atoms with Gasteiger partial charge in [-0.2, -0.15) is 13.2 Å². The molecule has 5 nitrogen and oxygen atoms in total. The number of aromatic nitrogens is 1. The van der Waals surface area contributed by atoms with E-state index in [4.69, 9.17) is 4.74 Å². The Bertz CT molecular complexity index is 932. The van der Waals surface area contributed by atoms with E-state index in [1.54, 1.807) is 18.3 Å². The van der Waals surface area contributed by atoms with Gasteiger partial charge >= 0.3 is 18.1 Å². The summed E-state index contributed by atoms with van der Waals surface area (Å²) in [7, 11) is 0. The molecule has 1 aromatic carbocycles. The number of ether oxygens (including phenoxy) is 1. The number of amides is 1. The van der Waals surface area contributed by atoms with Crippen LogP contribution in [0.4, 0.5) is 18.9 Å². The van der Waals surface area contributed by atoms with Gasteiger partial charge < -0.3 is 10.1 Å². The van der Waals surface area contributed by atoms with E-state index < -0.39 is 18.1 Å². The van der Waals surface area contributed by atoms with Crippen LogP contribution in [0.2, 0.25) is 0 Å². The summed E-state index contributed by atoms with van der Waals surface area (Å²) < 4.78 is 41.7. The molecule has 1 aromatic heterocycles. The fourth-order valence-electron chi connectivity index (χ4n) is 2.02. The number of nitrogens with one attached hydrogen (secondary N) is 1. The maximum Gasteiger partial charge on any atom is 0.471 e. The average molecular weight is 455 g/mol. The van der Waals surface area contributed by atoms with Crippen LogP contribution in [0.25, 0.3) is 0 Å². The molecule has 146 valence electrons. The normalized spacial score (nSPS) is 10.6. The summed E-state index contributed by atoms with van der Waals surface area (Å²) in [6.07, 6.45) is -4.95. The van der Waals surface area contributed by atoms with Crippen LogP contribution in [0, 0.1) is 11.8 Å². The second kappa shape index (κ2) is 9.37. The molecular formula is C19H14BrF3N2O3. The highest BCUT2D eigenvalue weighted by atomic mass is 79.9. The monoisotopic (exact) mass is 454 g/mol. The van der Waals surface area contributed by atoms with Gasteiger partial charge in [0, 0.05) is 22.1 Å². The van der Waals surface area contributed by atoms with Gasteiger partial charge in [0.05, 0.1) is 12.3 Å². The van der Waals surface area contributed by atoms with Gasteiger partial charge in [-0.3, -0.25) is 4.79 Å². The summed E-state index contributed by atoms with van der Waals surface area (Å²) in [5.74, 6) is 3.11. The highest BCUT2D eigenvalue weighted by Gasteiger charge is 2.38. The van der Waals surface area contributed by atoms with Crippen LogP contribution < -0.4 is 5.32 Å². The summed E-state index contributed by atoms with van der Waals surface area (Å²) in [4.78, 5) is 26.9. The lowest BCUT2D eigenvalue weighted by Gasteiger charge is -2.07. The molecule has 0 saturated heterocycles. The van der Waals surface area contributed by atoms with Crippen LogP contribution in [0.1, 0.15) is 34.2 Å². The maximum atomic E-state index is 12.2. The smallest absolute Gasteiger partial charge is 0.461 e. The van der Waals surface area contributed by atoms with Crippen molar-refractivity contribution in [2.75, 3.05) is 11.9 Å². The van der Waals surface area contributed by atoms with Gasteiger partial charge in [0.1, 0.15) is 5.69 Å². The Balaban J connectivity index is 2.20. The molecule has 1 amide bonds. The number of alkyl halides is 4. The first-order valence-electron chi connectivity index (χ1n) is 7.97. The molecule has 0 aliphatic carbocycles. The van der Waals surface area contributed by atoms with Crippen molar-refractivity contribution in [3.8, 4) is 11.8 Å². The minimum absolute atomic E-state index is 0.00274. The van der Waals surface area contributed by atoms with E-state index in [1.165, 1.54) is 30.3 Å². The van der Waals surface area contributed by atoms with Gasteiger partial charge in [-0.05, 0) is 43.3 Å². The molecule has 0 aliphatic rings. The number of hydrogen-bond acceptors (Lipinski definition) is 4. The third-order valence-corrected chi connectivity index (χ3v) is 3.83. The molecule has 2 aromatic rings. The van der Waals surface area contributed by atoms with E-state index in [1.807, 2.05) is 0 Å². The molecule has 0 fully saturated rings. The van der Waals surface area contributed by atoms with Crippen molar-refractivity contribution in [2.45, 2.75) is 18.4 Å². The minimum Gasteiger partial charge on any atom is -0.461 e. The van der Waals surface area contributed by atoms with Crippen molar-refractivity contribution in [1.29, 1.82) is 0 Å². The molecule has 0 atom stereocenters. The van der Waals surface area contributed by atoms with Crippen LogP contribution in [0.15, 0.2) is 36.4 Å². The second-order valence-electron chi connectivity index (χ2n) is 5.37. The SMILES string of the molecule is CCOC(=O)c1cc(C#Cc2ccc(NC(=O)C(F)(F)F)cc2)cc(CBr)n1. The molecule has 0 unspecified atom stereocenters. The first kappa shape index (κ1) is 21.4. The van der Waals surface area contributed by atoms with Gasteiger partial charge in [-0.1, -0.05) is 27.8 Å². The zero-order valence-electron chi connectivity index (χ0n) is 14.6.